The zero-order chi connectivity index (χ0) is 21.8. The Morgan fingerprint density at radius 2 is 2.23 bits per heavy atom. The summed E-state index contributed by atoms with van der Waals surface area (Å²) in [7, 11) is 1.85. The van der Waals surface area contributed by atoms with Crippen molar-refractivity contribution >= 4 is 11.2 Å². The van der Waals surface area contributed by atoms with E-state index in [9.17, 15) is 14.3 Å². The Balaban J connectivity index is 1.41. The van der Waals surface area contributed by atoms with E-state index < -0.39 is 11.6 Å². The zero-order valence-electron chi connectivity index (χ0n) is 16.7. The summed E-state index contributed by atoms with van der Waals surface area (Å²) in [5.74, 6) is 5.77. The van der Waals surface area contributed by atoms with Crippen molar-refractivity contribution in [1.29, 1.82) is 0 Å². The summed E-state index contributed by atoms with van der Waals surface area (Å²) in [5, 5.41) is 12.4. The van der Waals surface area contributed by atoms with Gasteiger partial charge in [0, 0.05) is 24.2 Å². The molecule has 1 aromatic carbocycles. The highest BCUT2D eigenvalue weighted by Gasteiger charge is 2.19. The molecule has 0 aliphatic carbocycles. The number of aliphatic hydroxyl groups excluding tert-OH is 1. The van der Waals surface area contributed by atoms with E-state index in [0.29, 0.717) is 42.0 Å². The van der Waals surface area contributed by atoms with Crippen LogP contribution in [-0.4, -0.2) is 26.8 Å². The first-order chi connectivity index (χ1) is 15.0. The molecule has 0 fully saturated rings. The van der Waals surface area contributed by atoms with Crippen molar-refractivity contribution < 1.29 is 23.3 Å². The van der Waals surface area contributed by atoms with Crippen molar-refractivity contribution in [2.45, 2.75) is 19.4 Å². The number of benzene rings is 1. The van der Waals surface area contributed by atoms with Crippen LogP contribution in [0.3, 0.4) is 0 Å². The number of halogens is 1. The van der Waals surface area contributed by atoms with Crippen LogP contribution in [0.1, 0.15) is 24.0 Å². The number of aryl methyl sites for hydroxylation is 1. The molecule has 4 rings (SSSR count). The lowest BCUT2D eigenvalue weighted by atomic mass is 10.1. The van der Waals surface area contributed by atoms with Gasteiger partial charge in [-0.3, -0.25) is 4.98 Å². The van der Waals surface area contributed by atoms with E-state index in [1.165, 1.54) is 18.2 Å². The van der Waals surface area contributed by atoms with Gasteiger partial charge in [0.15, 0.2) is 18.3 Å². The molecule has 0 spiro atoms. The fourth-order valence-electron chi connectivity index (χ4n) is 3.20. The van der Waals surface area contributed by atoms with Gasteiger partial charge in [-0.25, -0.2) is 14.2 Å². The number of rotatable bonds is 6. The molecule has 4 aromatic rings. The number of H-pyrrole nitrogens is 2. The average molecular weight is 423 g/mol. The molecule has 3 aromatic heterocycles. The monoisotopic (exact) mass is 423 g/mol. The SMILES string of the molecule is C[n+]1[nH]cc(C#CCCCOc2ccc(F)cc2CO)c1-c1cnc2[nH]c(=O)oc2c1. The summed E-state index contributed by atoms with van der Waals surface area (Å²) in [6.45, 7) is 0.112. The van der Waals surface area contributed by atoms with E-state index in [2.05, 4.69) is 26.9 Å². The Morgan fingerprint density at radius 3 is 3.06 bits per heavy atom. The molecule has 8 nitrogen and oxygen atoms in total. The minimum atomic E-state index is -0.549. The van der Waals surface area contributed by atoms with Gasteiger partial charge in [-0.1, -0.05) is 11.8 Å². The minimum Gasteiger partial charge on any atom is -0.493 e. The largest absolute Gasteiger partial charge is 0.493 e. The van der Waals surface area contributed by atoms with Crippen LogP contribution in [0.15, 0.2) is 45.9 Å². The standard InChI is InChI=1S/C22H19FN4O4/c1-27-20(15-10-19-21(24-11-15)26-22(29)31-19)14(12-25-27)5-3-2-4-8-30-18-7-6-17(23)9-16(18)13-28/h6-7,9-12,28H,2,4,8,13H2,1H3,(H,24,25,26,29)/p+1. The van der Waals surface area contributed by atoms with E-state index in [1.807, 2.05) is 11.7 Å². The molecule has 0 unspecified atom stereocenters. The third-order valence-corrected chi connectivity index (χ3v) is 4.66. The zero-order valence-corrected chi connectivity index (χ0v) is 16.7. The van der Waals surface area contributed by atoms with Crippen molar-refractivity contribution in [3.05, 3.63) is 64.2 Å². The topological polar surface area (TPSA) is 108 Å². The molecule has 3 heterocycles. The van der Waals surface area contributed by atoms with Crippen LogP contribution in [0.4, 0.5) is 4.39 Å². The molecule has 0 aliphatic rings. The van der Waals surface area contributed by atoms with Crippen LogP contribution in [0.25, 0.3) is 22.5 Å². The van der Waals surface area contributed by atoms with Crippen LogP contribution in [0.2, 0.25) is 0 Å². The number of nitrogens with zero attached hydrogens (tertiary/aromatic N) is 2. The van der Waals surface area contributed by atoms with Gasteiger partial charge in [0.1, 0.15) is 17.1 Å². The van der Waals surface area contributed by atoms with E-state index in [-0.39, 0.29) is 6.61 Å². The van der Waals surface area contributed by atoms with Gasteiger partial charge in [0.05, 0.1) is 25.0 Å². The van der Waals surface area contributed by atoms with Crippen molar-refractivity contribution in [2.75, 3.05) is 6.61 Å². The lowest BCUT2D eigenvalue weighted by molar-refractivity contribution is -0.716. The van der Waals surface area contributed by atoms with Crippen molar-refractivity contribution in [2.24, 2.45) is 7.05 Å². The maximum atomic E-state index is 13.2. The molecule has 0 saturated carbocycles. The van der Waals surface area contributed by atoms with Gasteiger partial charge in [-0.05, 0) is 24.6 Å². The summed E-state index contributed by atoms with van der Waals surface area (Å²) < 4.78 is 25.7. The molecule has 158 valence electrons. The number of ether oxygens (including phenoxy) is 1. The number of hydrogen-bond acceptors (Lipinski definition) is 5. The van der Waals surface area contributed by atoms with Crippen LogP contribution in [-0.2, 0) is 13.7 Å². The summed E-state index contributed by atoms with van der Waals surface area (Å²) in [6.07, 6.45) is 4.71. The van der Waals surface area contributed by atoms with Gasteiger partial charge in [0.25, 0.3) is 5.69 Å². The van der Waals surface area contributed by atoms with Gasteiger partial charge < -0.3 is 14.3 Å². The molecule has 0 amide bonds. The number of aromatic amines is 2. The summed E-state index contributed by atoms with van der Waals surface area (Å²) in [4.78, 5) is 18.1. The number of pyridine rings is 1. The van der Waals surface area contributed by atoms with Crippen molar-refractivity contribution in [1.82, 2.24) is 15.1 Å². The Labute approximate surface area is 176 Å². The Morgan fingerprint density at radius 1 is 1.35 bits per heavy atom. The second-order valence-electron chi connectivity index (χ2n) is 6.84. The number of fused-ring (bicyclic) bond motifs is 1. The van der Waals surface area contributed by atoms with Crippen molar-refractivity contribution in [3.63, 3.8) is 0 Å². The Kier molecular flexibility index (Phi) is 5.82. The molecule has 0 bridgehead atoms. The molecule has 31 heavy (non-hydrogen) atoms. The third kappa shape index (κ3) is 4.49. The van der Waals surface area contributed by atoms with Crippen LogP contribution >= 0.6 is 0 Å². The molecular formula is C22H20FN4O4+. The number of aromatic nitrogens is 4. The summed E-state index contributed by atoms with van der Waals surface area (Å²) >= 11 is 0. The summed E-state index contributed by atoms with van der Waals surface area (Å²) in [5.41, 5.74) is 3.55. The van der Waals surface area contributed by atoms with Gasteiger partial charge in [-0.15, -0.1) is 4.68 Å². The van der Waals surface area contributed by atoms with Gasteiger partial charge in [-0.2, -0.15) is 5.10 Å². The fourth-order valence-corrected chi connectivity index (χ4v) is 3.20. The fraction of sp³-hybridized carbons (Fsp3) is 0.227. The average Bonchev–Trinajstić information content (AvgIpc) is 3.31. The molecule has 9 heteroatoms. The number of hydrogen-bond donors (Lipinski definition) is 3. The summed E-state index contributed by atoms with van der Waals surface area (Å²) in [6, 6.07) is 5.81. The third-order valence-electron chi connectivity index (χ3n) is 4.66. The predicted octanol–water partition coefficient (Wildman–Crippen LogP) is 2.18. The lowest BCUT2D eigenvalue weighted by Crippen LogP contribution is -2.32. The maximum absolute atomic E-state index is 13.2. The van der Waals surface area contributed by atoms with E-state index in [1.54, 1.807) is 18.5 Å². The molecule has 3 N–H and O–H groups in total. The van der Waals surface area contributed by atoms with Crippen LogP contribution < -0.4 is 15.2 Å². The van der Waals surface area contributed by atoms with Crippen molar-refractivity contribution in [3.8, 4) is 28.8 Å². The second-order valence-corrected chi connectivity index (χ2v) is 6.84. The second kappa shape index (κ2) is 8.85. The number of unbranched alkanes of at least 4 members (excludes halogenated alkanes) is 1. The molecule has 0 aliphatic heterocycles. The lowest BCUT2D eigenvalue weighted by Gasteiger charge is -2.09. The molecular weight excluding hydrogens is 403 g/mol. The van der Waals surface area contributed by atoms with E-state index in [0.717, 1.165) is 16.8 Å². The normalized spacial score (nSPS) is 10.8. The van der Waals surface area contributed by atoms with Gasteiger partial charge in [0.2, 0.25) is 0 Å². The Hall–Kier alpha value is -3.90. The maximum Gasteiger partial charge on any atom is 0.418 e. The molecule has 0 radical (unpaired) electrons. The number of aliphatic hydroxyl groups is 1. The highest BCUT2D eigenvalue weighted by Crippen LogP contribution is 2.22. The predicted molar refractivity (Wildman–Crippen MR) is 110 cm³/mol. The highest BCUT2D eigenvalue weighted by molar-refractivity contribution is 5.75. The smallest absolute Gasteiger partial charge is 0.418 e. The highest BCUT2D eigenvalue weighted by atomic mass is 19.1. The minimum absolute atomic E-state index is 0.285. The van der Waals surface area contributed by atoms with Gasteiger partial charge >= 0.3 is 5.76 Å². The molecule has 0 atom stereocenters. The molecule has 0 saturated heterocycles. The van der Waals surface area contributed by atoms with Crippen LogP contribution in [0.5, 0.6) is 5.75 Å². The first-order valence-electron chi connectivity index (χ1n) is 9.63. The van der Waals surface area contributed by atoms with Crippen LogP contribution in [0, 0.1) is 17.7 Å². The van der Waals surface area contributed by atoms with E-state index in [4.69, 9.17) is 9.15 Å². The van der Waals surface area contributed by atoms with E-state index >= 15 is 0 Å². The number of oxazole rings is 1. The Bertz CT molecular complexity index is 1340. The number of nitrogens with one attached hydrogen (secondary N) is 2. The first kappa shape index (κ1) is 20.4. The first-order valence-corrected chi connectivity index (χ1v) is 9.63. The quantitative estimate of drug-likeness (QED) is 0.250.